The van der Waals surface area contributed by atoms with E-state index in [9.17, 15) is 0 Å². The molecule has 1 radical (unpaired) electrons. The van der Waals surface area contributed by atoms with E-state index >= 15 is 0 Å². The molecule has 0 fully saturated rings. The summed E-state index contributed by atoms with van der Waals surface area (Å²) < 4.78 is 0. The van der Waals surface area contributed by atoms with Crippen molar-refractivity contribution in [3.63, 3.8) is 0 Å². The fourth-order valence-electron chi connectivity index (χ4n) is 0. The van der Waals surface area contributed by atoms with Crippen molar-refractivity contribution in [1.82, 2.24) is 0 Å². The van der Waals surface area contributed by atoms with Crippen LogP contribution in [-0.4, -0.2) is 16.8 Å². The van der Waals surface area contributed by atoms with E-state index in [2.05, 4.69) is 0 Å². The molecule has 5 heavy (non-hydrogen) atoms. The van der Waals surface area contributed by atoms with Crippen LogP contribution in [0.1, 0.15) is 0 Å². The Labute approximate surface area is 64.7 Å². The second-order valence-corrected chi connectivity index (χ2v) is 11.6. The average molecular weight is 425 g/mol. The zero-order valence-corrected chi connectivity index (χ0v) is 8.87. The molecule has 0 aliphatic heterocycles. The number of hydrogen-bond donors (Lipinski definition) is 0. The molecule has 0 aliphatic carbocycles. The first-order valence-electron chi connectivity index (χ1n) is 0.507. The predicted octanol–water partition coefficient (Wildman–Crippen LogP) is 1.69. The predicted molar refractivity (Wildman–Crippen MR) is 23.3 cm³/mol. The first kappa shape index (κ1) is 10.4. The van der Waals surface area contributed by atoms with Crippen LogP contribution < -0.4 is 0 Å². The van der Waals surface area contributed by atoms with Gasteiger partial charge in [-0.15, -0.1) is 0 Å². The van der Waals surface area contributed by atoms with Crippen LogP contribution >= 0.6 is 26.5 Å². The van der Waals surface area contributed by atoms with Gasteiger partial charge in [-0.05, 0) is 0 Å². The van der Waals surface area contributed by atoms with E-state index < -0.39 is 16.8 Å². The Morgan fingerprint density at radius 2 is 1.00 bits per heavy atom. The molecule has 0 aromatic heterocycles. The molecular formula is AuCl3Sb. The Bertz CT molecular complexity index is 11.6. The average Bonchev–Trinajstić information content (AvgIpc) is 0.811. The van der Waals surface area contributed by atoms with Crippen molar-refractivity contribution in [3.8, 4) is 0 Å². The minimum absolute atomic E-state index is 0. The molecule has 5 heteroatoms. The van der Waals surface area contributed by atoms with Gasteiger partial charge >= 0.3 is 43.3 Å². The van der Waals surface area contributed by atoms with Crippen molar-refractivity contribution in [3.05, 3.63) is 0 Å². The van der Waals surface area contributed by atoms with Crippen LogP contribution in [0.4, 0.5) is 0 Å². The Hall–Kier alpha value is 2.43. The Morgan fingerprint density at radius 1 is 1.00 bits per heavy atom. The molecule has 0 atom stereocenters. The minimum atomic E-state index is -2.03. The van der Waals surface area contributed by atoms with Crippen LogP contribution in [0, 0.1) is 0 Å². The van der Waals surface area contributed by atoms with Crippen molar-refractivity contribution in [2.75, 3.05) is 0 Å². The molecule has 0 heterocycles. The molecule has 0 amide bonds. The molecule has 0 spiro atoms. The third-order valence-electron chi connectivity index (χ3n) is 0. The van der Waals surface area contributed by atoms with Crippen LogP contribution in [-0.2, 0) is 22.4 Å². The third kappa shape index (κ3) is 21.4. The van der Waals surface area contributed by atoms with Crippen molar-refractivity contribution >= 4 is 43.3 Å². The molecule has 0 unspecified atom stereocenters. The Morgan fingerprint density at radius 3 is 1.00 bits per heavy atom. The molecule has 0 rings (SSSR count). The summed E-state index contributed by atoms with van der Waals surface area (Å²) in [6.07, 6.45) is 0. The van der Waals surface area contributed by atoms with Crippen LogP contribution in [0.3, 0.4) is 0 Å². The van der Waals surface area contributed by atoms with Crippen LogP contribution in [0.2, 0.25) is 0 Å². The standard InChI is InChI=1S/Au.3ClH.Sb/h;3*1H;/q;;;;+3/p-3. The van der Waals surface area contributed by atoms with Gasteiger partial charge in [0.15, 0.2) is 0 Å². The van der Waals surface area contributed by atoms with Crippen LogP contribution in [0.5, 0.6) is 0 Å². The SMILES string of the molecule is [Au].[Cl][Sb]([Cl])[Cl]. The van der Waals surface area contributed by atoms with E-state index in [0.29, 0.717) is 0 Å². The quantitative estimate of drug-likeness (QED) is 0.519. The van der Waals surface area contributed by atoms with Gasteiger partial charge in [0.25, 0.3) is 0 Å². The van der Waals surface area contributed by atoms with Gasteiger partial charge in [-0.1, -0.05) is 0 Å². The van der Waals surface area contributed by atoms with Gasteiger partial charge in [0.05, 0.1) is 0 Å². The normalized spacial score (nSPS) is 7.20. The van der Waals surface area contributed by atoms with Crippen molar-refractivity contribution < 1.29 is 22.4 Å². The van der Waals surface area contributed by atoms with Crippen molar-refractivity contribution in [1.29, 1.82) is 0 Å². The van der Waals surface area contributed by atoms with E-state index in [1.807, 2.05) is 0 Å². The summed E-state index contributed by atoms with van der Waals surface area (Å²) >= 11 is -2.03. The molecule has 0 bridgehead atoms. The van der Waals surface area contributed by atoms with E-state index in [1.165, 1.54) is 0 Å². The summed E-state index contributed by atoms with van der Waals surface area (Å²) in [5, 5.41) is 0. The van der Waals surface area contributed by atoms with E-state index in [0.717, 1.165) is 0 Å². The van der Waals surface area contributed by atoms with Crippen molar-refractivity contribution in [2.24, 2.45) is 0 Å². The van der Waals surface area contributed by atoms with Crippen LogP contribution in [0.25, 0.3) is 0 Å². The summed E-state index contributed by atoms with van der Waals surface area (Å²) in [4.78, 5) is 0. The van der Waals surface area contributed by atoms with Crippen LogP contribution in [0.15, 0.2) is 0 Å². The summed E-state index contributed by atoms with van der Waals surface area (Å²) in [5.41, 5.74) is 0. The fraction of sp³-hybridized carbons (Fsp3) is 0. The van der Waals surface area contributed by atoms with Crippen molar-refractivity contribution in [2.45, 2.75) is 0 Å². The molecule has 37 valence electrons. The number of halogens is 3. The van der Waals surface area contributed by atoms with E-state index in [1.54, 1.807) is 0 Å². The first-order chi connectivity index (χ1) is 1.73. The topological polar surface area (TPSA) is 0 Å². The molecule has 0 aromatic rings. The maximum atomic E-state index is 4.99. The van der Waals surface area contributed by atoms with Gasteiger partial charge < -0.3 is 0 Å². The zero-order chi connectivity index (χ0) is 3.58. The Kier molecular flexibility index (Phi) is 13.4. The summed E-state index contributed by atoms with van der Waals surface area (Å²) in [5.74, 6) is 0. The summed E-state index contributed by atoms with van der Waals surface area (Å²) in [6.45, 7) is 0. The molecule has 0 saturated carbocycles. The maximum absolute atomic E-state index is 4.99. The van der Waals surface area contributed by atoms with Gasteiger partial charge in [-0.2, -0.15) is 0 Å². The summed E-state index contributed by atoms with van der Waals surface area (Å²) in [6, 6.07) is 0. The summed E-state index contributed by atoms with van der Waals surface area (Å²) in [7, 11) is 15.0. The molecule has 0 aromatic carbocycles. The second-order valence-electron chi connectivity index (χ2n) is 0.192. The zero-order valence-electron chi connectivity index (χ0n) is 1.88. The number of rotatable bonds is 0. The van der Waals surface area contributed by atoms with E-state index in [4.69, 9.17) is 26.5 Å². The molecule has 0 aliphatic rings. The molecule has 0 nitrogen and oxygen atoms in total. The second kappa shape index (κ2) is 6.43. The number of hydrogen-bond acceptors (Lipinski definition) is 0. The van der Waals surface area contributed by atoms with Gasteiger partial charge in [-0.25, -0.2) is 0 Å². The van der Waals surface area contributed by atoms with Gasteiger partial charge in [0.1, 0.15) is 0 Å². The molecular weight excluding hydrogens is 425 g/mol. The monoisotopic (exact) mass is 423 g/mol. The third-order valence-corrected chi connectivity index (χ3v) is 0. The Balaban J connectivity index is 0. The fourth-order valence-corrected chi connectivity index (χ4v) is 0. The molecule has 0 saturated heterocycles. The van der Waals surface area contributed by atoms with Gasteiger partial charge in [0.2, 0.25) is 0 Å². The molecule has 0 N–H and O–H groups in total. The van der Waals surface area contributed by atoms with Gasteiger partial charge in [0, 0.05) is 22.4 Å². The van der Waals surface area contributed by atoms with E-state index in [-0.39, 0.29) is 22.4 Å². The van der Waals surface area contributed by atoms with Gasteiger partial charge in [-0.3, -0.25) is 0 Å². The first-order valence-corrected chi connectivity index (χ1v) is 10.2.